The predicted molar refractivity (Wildman–Crippen MR) is 174 cm³/mol. The van der Waals surface area contributed by atoms with Gasteiger partial charge in [-0.1, -0.05) is 36.8 Å². The summed E-state index contributed by atoms with van der Waals surface area (Å²) >= 11 is 0. The van der Waals surface area contributed by atoms with Crippen molar-refractivity contribution in [2.24, 2.45) is 22.7 Å². The third-order valence-electron chi connectivity index (χ3n) is 11.6. The SMILES string of the molecule is C[C@]12C=CC(=O)CC1=CC[C@H]1[C@@H]3C[C@@H](O)[C@](O)(C(=O)COC(=O)NC(COC(=O)c4ccc(CCCO[N+](=O)[O-])cc4)C(=O)O)[C@@]3(C)C[C@H](O)[C@@]12F. The maximum atomic E-state index is 17.3. The lowest BCUT2D eigenvalue weighted by Crippen LogP contribution is -2.69. The highest BCUT2D eigenvalue weighted by atomic mass is 19.1. The summed E-state index contributed by atoms with van der Waals surface area (Å²) in [5.41, 5.74) is -6.43. The lowest BCUT2D eigenvalue weighted by atomic mass is 9.45. The minimum Gasteiger partial charge on any atom is -0.480 e. The van der Waals surface area contributed by atoms with Crippen molar-refractivity contribution in [2.45, 2.75) is 81.9 Å². The third kappa shape index (κ3) is 6.56. The first-order valence-corrected chi connectivity index (χ1v) is 16.8. The number of alkyl halides is 1. The first-order valence-electron chi connectivity index (χ1n) is 16.8. The molecule has 4 aliphatic carbocycles. The molecule has 17 heteroatoms. The second-order valence-electron chi connectivity index (χ2n) is 14.3. The first-order chi connectivity index (χ1) is 24.4. The number of carboxylic acids is 1. The molecule has 52 heavy (non-hydrogen) atoms. The minimum absolute atomic E-state index is 0.00172. The number of carboxylic acid groups (broad SMARTS) is 1. The zero-order valence-electron chi connectivity index (χ0n) is 28.5. The van der Waals surface area contributed by atoms with E-state index in [1.807, 2.05) is 5.32 Å². The van der Waals surface area contributed by atoms with Gasteiger partial charge in [0.15, 0.2) is 29.7 Å². The molecule has 0 aromatic heterocycles. The normalized spacial score (nSPS) is 33.7. The van der Waals surface area contributed by atoms with Crippen molar-refractivity contribution < 1.29 is 68.2 Å². The number of nitrogens with zero attached hydrogens (tertiary/aromatic N) is 1. The summed E-state index contributed by atoms with van der Waals surface area (Å²) in [5, 5.41) is 55.2. The molecule has 0 saturated heterocycles. The number of allylic oxidation sites excluding steroid dienone is 4. The van der Waals surface area contributed by atoms with Crippen LogP contribution < -0.4 is 5.32 Å². The number of carbonyl (C=O) groups excluding carboxylic acids is 4. The van der Waals surface area contributed by atoms with Gasteiger partial charge in [0.25, 0.3) is 5.09 Å². The van der Waals surface area contributed by atoms with E-state index >= 15 is 4.39 Å². The number of ether oxygens (including phenoxy) is 2. The van der Waals surface area contributed by atoms with E-state index in [0.29, 0.717) is 18.4 Å². The second-order valence-corrected chi connectivity index (χ2v) is 14.3. The van der Waals surface area contributed by atoms with Gasteiger partial charge < -0.3 is 40.1 Å². The summed E-state index contributed by atoms with van der Waals surface area (Å²) in [7, 11) is 0. The molecular weight excluding hydrogens is 691 g/mol. The number of Topliss-reactive ketones (excluding diaryl/α,β-unsaturated/α-hetero) is 1. The molecule has 5 rings (SSSR count). The molecule has 16 nitrogen and oxygen atoms in total. The topological polar surface area (TPSA) is 249 Å². The smallest absolute Gasteiger partial charge is 0.408 e. The number of hydrogen-bond acceptors (Lipinski definition) is 13. The molecular formula is C35H41FN2O14. The lowest BCUT2D eigenvalue weighted by Gasteiger charge is -2.61. The van der Waals surface area contributed by atoms with Gasteiger partial charge in [-0.2, -0.15) is 0 Å². The van der Waals surface area contributed by atoms with Gasteiger partial charge >= 0.3 is 18.0 Å². The number of esters is 1. The number of amides is 1. The first kappa shape index (κ1) is 38.5. The number of alkyl carbamates (subject to hydrolysis) is 1. The highest BCUT2D eigenvalue weighted by molar-refractivity contribution is 5.94. The molecule has 2 saturated carbocycles. The molecule has 2 fully saturated rings. The van der Waals surface area contributed by atoms with E-state index in [9.17, 15) is 54.5 Å². The Bertz CT molecular complexity index is 1700. The average Bonchev–Trinajstić information content (AvgIpc) is 3.29. The van der Waals surface area contributed by atoms with Crippen LogP contribution in [0.1, 0.15) is 61.9 Å². The van der Waals surface area contributed by atoms with Gasteiger partial charge in [-0.3, -0.25) is 9.59 Å². The van der Waals surface area contributed by atoms with E-state index in [0.717, 1.165) is 5.56 Å². The van der Waals surface area contributed by atoms with Crippen molar-refractivity contribution in [2.75, 3.05) is 19.8 Å². The molecule has 0 heterocycles. The largest absolute Gasteiger partial charge is 0.480 e. The Morgan fingerprint density at radius 3 is 2.44 bits per heavy atom. The third-order valence-corrected chi connectivity index (χ3v) is 11.6. The van der Waals surface area contributed by atoms with Crippen molar-refractivity contribution in [1.29, 1.82) is 0 Å². The number of aliphatic hydroxyl groups excluding tert-OH is 2. The quantitative estimate of drug-likeness (QED) is 0.0638. The van der Waals surface area contributed by atoms with Crippen LogP contribution >= 0.6 is 0 Å². The number of hydrogen-bond donors (Lipinski definition) is 5. The van der Waals surface area contributed by atoms with Crippen molar-refractivity contribution in [1.82, 2.24) is 5.32 Å². The zero-order chi connectivity index (χ0) is 38.2. The van der Waals surface area contributed by atoms with Gasteiger partial charge in [0.1, 0.15) is 6.61 Å². The molecule has 1 amide bonds. The number of fused-ring (bicyclic) bond motifs is 5. The summed E-state index contributed by atoms with van der Waals surface area (Å²) in [5.74, 6) is -5.63. The van der Waals surface area contributed by atoms with Gasteiger partial charge in [0.2, 0.25) is 5.78 Å². The van der Waals surface area contributed by atoms with Gasteiger partial charge in [-0.25, -0.2) is 18.8 Å². The highest BCUT2D eigenvalue weighted by Gasteiger charge is 2.76. The fraction of sp³-hybridized carbons (Fsp3) is 0.571. The highest BCUT2D eigenvalue weighted by Crippen LogP contribution is 2.69. The van der Waals surface area contributed by atoms with Gasteiger partial charge in [0.05, 0.1) is 24.4 Å². The van der Waals surface area contributed by atoms with E-state index in [2.05, 4.69) is 4.84 Å². The number of halogens is 1. The number of rotatable bonds is 13. The Balaban J connectivity index is 1.18. The molecule has 9 atom stereocenters. The molecule has 0 bridgehead atoms. The van der Waals surface area contributed by atoms with E-state index < -0.39 is 101 Å². The fourth-order valence-electron chi connectivity index (χ4n) is 8.70. The Kier molecular flexibility index (Phi) is 10.6. The number of aliphatic carboxylic acids is 1. The minimum atomic E-state index is -2.58. The molecule has 0 radical (unpaired) electrons. The number of carbonyl (C=O) groups is 5. The van der Waals surface area contributed by atoms with Crippen LogP contribution in [0, 0.1) is 32.8 Å². The lowest BCUT2D eigenvalue weighted by molar-refractivity contribution is -0.757. The molecule has 5 N–H and O–H groups in total. The molecule has 1 aromatic carbocycles. The Hall–Kier alpha value is -4.74. The van der Waals surface area contributed by atoms with Crippen LogP contribution in [-0.2, 0) is 35.1 Å². The fourth-order valence-corrected chi connectivity index (χ4v) is 8.70. The average molecular weight is 733 g/mol. The maximum Gasteiger partial charge on any atom is 0.408 e. The molecule has 0 spiro atoms. The van der Waals surface area contributed by atoms with Crippen molar-refractivity contribution in [3.8, 4) is 0 Å². The van der Waals surface area contributed by atoms with Gasteiger partial charge in [-0.15, -0.1) is 10.1 Å². The zero-order valence-corrected chi connectivity index (χ0v) is 28.5. The molecule has 0 aliphatic heterocycles. The number of benzene rings is 1. The summed E-state index contributed by atoms with van der Waals surface area (Å²) in [4.78, 5) is 77.0. The Morgan fingerprint density at radius 1 is 1.10 bits per heavy atom. The van der Waals surface area contributed by atoms with Gasteiger partial charge in [-0.05, 0) is 68.7 Å². The second kappa shape index (κ2) is 14.4. The predicted octanol–water partition coefficient (Wildman–Crippen LogP) is 1.81. The number of aliphatic hydroxyl groups is 3. The van der Waals surface area contributed by atoms with Crippen LogP contribution in [0.3, 0.4) is 0 Å². The summed E-state index contributed by atoms with van der Waals surface area (Å²) in [6, 6.07) is 4.14. The summed E-state index contributed by atoms with van der Waals surface area (Å²) in [6.07, 6.45) is -0.137. The number of ketones is 2. The molecule has 1 aromatic rings. The molecule has 282 valence electrons. The van der Waals surface area contributed by atoms with Crippen molar-refractivity contribution in [3.63, 3.8) is 0 Å². The molecule has 4 aliphatic rings. The van der Waals surface area contributed by atoms with Crippen molar-refractivity contribution >= 4 is 29.6 Å². The van der Waals surface area contributed by atoms with Crippen molar-refractivity contribution in [3.05, 3.63) is 69.3 Å². The molecule has 1 unspecified atom stereocenters. The van der Waals surface area contributed by atoms with Crippen LogP contribution in [0.25, 0.3) is 0 Å². The number of aryl methyl sites for hydroxylation is 1. The summed E-state index contributed by atoms with van der Waals surface area (Å²) < 4.78 is 27.3. The number of nitrogens with one attached hydrogen (secondary N) is 1. The summed E-state index contributed by atoms with van der Waals surface area (Å²) in [6.45, 7) is 1.01. The van der Waals surface area contributed by atoms with Crippen LogP contribution in [0.2, 0.25) is 0 Å². The Morgan fingerprint density at radius 2 is 1.79 bits per heavy atom. The maximum absolute atomic E-state index is 17.3. The standard InChI is InChI=1S/C35H41FN2O14/c1-32-12-11-22(39)14-21(32)9-10-23-24-15-26(40)35(47,33(24,2)16-27(41)34(23,32)36)28(42)18-51-31(46)37-25(29(43)44)17-50-30(45)20-7-5-19(6-8-20)4-3-13-52-38(48)49/h5-9,11-12,23-27,40-41,47H,3-4,10,13-18H2,1-2H3,(H,37,46)(H,43,44)/t23-,24-,25?,26+,27-,32-,33-,34-,35-/m0/s1. The van der Waals surface area contributed by atoms with Crippen LogP contribution in [-0.4, -0.2) is 104 Å². The van der Waals surface area contributed by atoms with Gasteiger partial charge in [0, 0.05) is 23.2 Å². The van der Waals surface area contributed by atoms with E-state index in [1.54, 1.807) is 25.1 Å². The van der Waals surface area contributed by atoms with E-state index in [1.165, 1.54) is 31.2 Å². The van der Waals surface area contributed by atoms with Crippen LogP contribution in [0.15, 0.2) is 48.1 Å². The monoisotopic (exact) mass is 732 g/mol. The Labute approximate surface area is 296 Å². The van der Waals surface area contributed by atoms with E-state index in [-0.39, 0.29) is 37.2 Å². The van der Waals surface area contributed by atoms with Crippen LogP contribution in [0.4, 0.5) is 9.18 Å². The van der Waals surface area contributed by atoms with Crippen LogP contribution in [0.5, 0.6) is 0 Å². The van der Waals surface area contributed by atoms with E-state index in [4.69, 9.17) is 9.47 Å².